The van der Waals surface area contributed by atoms with Crippen LogP contribution in [-0.2, 0) is 14.4 Å². The summed E-state index contributed by atoms with van der Waals surface area (Å²) in [6, 6.07) is 11.9. The lowest BCUT2D eigenvalue weighted by molar-refractivity contribution is -0.135. The third-order valence-electron chi connectivity index (χ3n) is 4.91. The van der Waals surface area contributed by atoms with E-state index < -0.39 is 0 Å². The Hall–Kier alpha value is -3.06. The number of carbonyl (C=O) groups is 3. The van der Waals surface area contributed by atoms with E-state index in [2.05, 4.69) is 5.32 Å². The second-order valence-electron chi connectivity index (χ2n) is 7.33. The van der Waals surface area contributed by atoms with Gasteiger partial charge in [0.25, 0.3) is 5.91 Å². The third-order valence-corrected chi connectivity index (χ3v) is 5.15. The molecule has 1 N–H and O–H groups in total. The second-order valence-corrected chi connectivity index (χ2v) is 7.77. The number of carbonyl (C=O) groups excluding carboxylic acids is 3. The molecule has 0 aromatic heterocycles. The number of fused-ring (bicyclic) bond motifs is 1. The Balaban J connectivity index is 1.67. The van der Waals surface area contributed by atoms with Crippen LogP contribution in [0.25, 0.3) is 0 Å². The van der Waals surface area contributed by atoms with E-state index in [1.807, 2.05) is 13.8 Å². The number of nitrogens with zero attached hydrogens (tertiary/aromatic N) is 2. The quantitative estimate of drug-likeness (QED) is 0.791. The first-order valence-electron chi connectivity index (χ1n) is 9.60. The van der Waals surface area contributed by atoms with Crippen molar-refractivity contribution in [3.8, 4) is 5.75 Å². The molecule has 3 amide bonds. The molecule has 2 aromatic carbocycles. The van der Waals surface area contributed by atoms with Crippen molar-refractivity contribution >= 4 is 40.7 Å². The van der Waals surface area contributed by atoms with E-state index in [0.717, 1.165) is 5.56 Å². The monoisotopic (exact) mass is 429 g/mol. The van der Waals surface area contributed by atoms with E-state index in [9.17, 15) is 14.4 Å². The highest BCUT2D eigenvalue weighted by Crippen LogP contribution is 2.31. The average molecular weight is 430 g/mol. The Labute approximate surface area is 180 Å². The number of rotatable bonds is 5. The van der Waals surface area contributed by atoms with Crippen LogP contribution in [0, 0.1) is 6.92 Å². The van der Waals surface area contributed by atoms with Crippen LogP contribution >= 0.6 is 11.6 Å². The van der Waals surface area contributed by atoms with Crippen LogP contribution in [0.5, 0.6) is 5.75 Å². The molecule has 7 nitrogen and oxygen atoms in total. The summed E-state index contributed by atoms with van der Waals surface area (Å²) in [5.41, 5.74) is 2.02. The van der Waals surface area contributed by atoms with Crippen molar-refractivity contribution in [2.75, 3.05) is 30.4 Å². The van der Waals surface area contributed by atoms with Crippen LogP contribution in [-0.4, -0.2) is 48.9 Å². The SMILES string of the molecule is Cc1cc(Cl)ccc1OCC(=O)N(C)CC(=O)N1c2ccccc2NC(=O)C[C@H]1C. The predicted molar refractivity (Wildman–Crippen MR) is 116 cm³/mol. The van der Waals surface area contributed by atoms with E-state index in [0.29, 0.717) is 22.1 Å². The number of hydrogen-bond acceptors (Lipinski definition) is 4. The summed E-state index contributed by atoms with van der Waals surface area (Å²) in [6.45, 7) is 3.33. The maximum Gasteiger partial charge on any atom is 0.260 e. The summed E-state index contributed by atoms with van der Waals surface area (Å²) in [4.78, 5) is 40.5. The first kappa shape index (κ1) is 21.6. The molecule has 1 aliphatic heterocycles. The lowest BCUT2D eigenvalue weighted by Crippen LogP contribution is -2.46. The van der Waals surface area contributed by atoms with E-state index >= 15 is 0 Å². The lowest BCUT2D eigenvalue weighted by Gasteiger charge is -2.29. The van der Waals surface area contributed by atoms with Crippen LogP contribution in [0.4, 0.5) is 11.4 Å². The predicted octanol–water partition coefficient (Wildman–Crippen LogP) is 3.25. The molecule has 0 radical (unpaired) electrons. The number of aryl methyl sites for hydroxylation is 1. The van der Waals surface area contributed by atoms with Gasteiger partial charge < -0.3 is 19.9 Å². The van der Waals surface area contributed by atoms with Crippen molar-refractivity contribution in [1.82, 2.24) is 4.90 Å². The van der Waals surface area contributed by atoms with Gasteiger partial charge >= 0.3 is 0 Å². The summed E-state index contributed by atoms with van der Waals surface area (Å²) in [7, 11) is 1.55. The van der Waals surface area contributed by atoms with Gasteiger partial charge in [-0.1, -0.05) is 23.7 Å². The Morgan fingerprint density at radius 1 is 1.27 bits per heavy atom. The number of halogens is 1. The van der Waals surface area contributed by atoms with Crippen molar-refractivity contribution in [2.24, 2.45) is 0 Å². The summed E-state index contributed by atoms with van der Waals surface area (Å²) in [5, 5.41) is 3.41. The fourth-order valence-corrected chi connectivity index (χ4v) is 3.59. The minimum absolute atomic E-state index is 0.130. The maximum atomic E-state index is 13.0. The molecule has 8 heteroatoms. The molecule has 158 valence electrons. The molecule has 0 spiro atoms. The minimum atomic E-state index is -0.336. The summed E-state index contributed by atoms with van der Waals surface area (Å²) in [5.74, 6) is -0.193. The van der Waals surface area contributed by atoms with Crippen molar-refractivity contribution < 1.29 is 19.1 Å². The van der Waals surface area contributed by atoms with Gasteiger partial charge in [0.05, 0.1) is 17.9 Å². The summed E-state index contributed by atoms with van der Waals surface area (Å²) in [6.07, 6.45) is 0.178. The number of amides is 3. The van der Waals surface area contributed by atoms with Gasteiger partial charge in [0.15, 0.2) is 6.61 Å². The van der Waals surface area contributed by atoms with Gasteiger partial charge in [-0.25, -0.2) is 0 Å². The number of benzene rings is 2. The van der Waals surface area contributed by atoms with Crippen LogP contribution in [0.2, 0.25) is 5.02 Å². The number of hydrogen-bond donors (Lipinski definition) is 1. The number of likely N-dealkylation sites (N-methyl/N-ethyl adjacent to an activating group) is 1. The average Bonchev–Trinajstić information content (AvgIpc) is 2.81. The van der Waals surface area contributed by atoms with Gasteiger partial charge in [-0.15, -0.1) is 0 Å². The van der Waals surface area contributed by atoms with Crippen LogP contribution in [0.3, 0.4) is 0 Å². The van der Waals surface area contributed by atoms with Crippen molar-refractivity contribution in [3.63, 3.8) is 0 Å². The first-order valence-corrected chi connectivity index (χ1v) is 9.98. The molecule has 0 saturated carbocycles. The zero-order valence-corrected chi connectivity index (χ0v) is 17.9. The Morgan fingerprint density at radius 2 is 2.00 bits per heavy atom. The van der Waals surface area contributed by atoms with Gasteiger partial charge in [-0.2, -0.15) is 0 Å². The Bertz CT molecular complexity index is 979. The third kappa shape index (κ3) is 4.91. The zero-order valence-electron chi connectivity index (χ0n) is 17.1. The second kappa shape index (κ2) is 9.17. The van der Waals surface area contributed by atoms with Crippen LogP contribution in [0.1, 0.15) is 18.9 Å². The molecule has 0 bridgehead atoms. The molecule has 30 heavy (non-hydrogen) atoms. The van der Waals surface area contributed by atoms with E-state index in [4.69, 9.17) is 16.3 Å². The van der Waals surface area contributed by atoms with Crippen molar-refractivity contribution in [1.29, 1.82) is 0 Å². The molecule has 1 aliphatic rings. The molecule has 1 heterocycles. The lowest BCUT2D eigenvalue weighted by atomic mass is 10.1. The molecule has 3 rings (SSSR count). The topological polar surface area (TPSA) is 79.0 Å². The Kier molecular flexibility index (Phi) is 6.62. The number of para-hydroxylation sites is 2. The molecule has 0 fully saturated rings. The highest BCUT2D eigenvalue weighted by atomic mass is 35.5. The summed E-state index contributed by atoms with van der Waals surface area (Å²) >= 11 is 5.93. The molecule has 0 unspecified atom stereocenters. The first-order chi connectivity index (χ1) is 14.3. The number of nitrogens with one attached hydrogen (secondary N) is 1. The fourth-order valence-electron chi connectivity index (χ4n) is 3.36. The van der Waals surface area contributed by atoms with Crippen LogP contribution in [0.15, 0.2) is 42.5 Å². The smallest absolute Gasteiger partial charge is 0.260 e. The van der Waals surface area contributed by atoms with Gasteiger partial charge in [-0.3, -0.25) is 14.4 Å². The molecular formula is C22H24ClN3O4. The molecule has 0 saturated heterocycles. The summed E-state index contributed by atoms with van der Waals surface area (Å²) < 4.78 is 5.58. The van der Waals surface area contributed by atoms with E-state index in [-0.39, 0.29) is 43.3 Å². The largest absolute Gasteiger partial charge is 0.483 e. The van der Waals surface area contributed by atoms with E-state index in [1.54, 1.807) is 54.4 Å². The zero-order chi connectivity index (χ0) is 21.8. The van der Waals surface area contributed by atoms with Gasteiger partial charge in [-0.05, 0) is 49.7 Å². The van der Waals surface area contributed by atoms with Crippen molar-refractivity contribution in [2.45, 2.75) is 26.3 Å². The normalized spacial score (nSPS) is 15.7. The van der Waals surface area contributed by atoms with Crippen molar-refractivity contribution in [3.05, 3.63) is 53.1 Å². The van der Waals surface area contributed by atoms with E-state index in [1.165, 1.54) is 4.90 Å². The fraction of sp³-hybridized carbons (Fsp3) is 0.318. The van der Waals surface area contributed by atoms with Gasteiger partial charge in [0, 0.05) is 24.5 Å². The highest BCUT2D eigenvalue weighted by Gasteiger charge is 2.30. The number of ether oxygens (including phenoxy) is 1. The Morgan fingerprint density at radius 3 is 2.73 bits per heavy atom. The van der Waals surface area contributed by atoms with Gasteiger partial charge in [0.2, 0.25) is 11.8 Å². The van der Waals surface area contributed by atoms with Gasteiger partial charge in [0.1, 0.15) is 5.75 Å². The molecular weight excluding hydrogens is 406 g/mol. The molecule has 1 atom stereocenters. The standard InChI is InChI=1S/C22H24ClN3O4/c1-14-10-16(23)8-9-19(14)30-13-22(29)25(3)12-21(28)26-15(2)11-20(27)24-17-6-4-5-7-18(17)26/h4-10,15H,11-13H2,1-3H3,(H,24,27)/t15-/m1/s1. The number of anilines is 2. The molecule has 0 aliphatic carbocycles. The highest BCUT2D eigenvalue weighted by molar-refractivity contribution is 6.30. The minimum Gasteiger partial charge on any atom is -0.483 e. The van der Waals surface area contributed by atoms with Crippen LogP contribution < -0.4 is 15.0 Å². The molecule has 2 aromatic rings. The maximum absolute atomic E-state index is 13.0.